The van der Waals surface area contributed by atoms with Gasteiger partial charge >= 0.3 is 0 Å². The number of nitrogens with zero attached hydrogens (tertiary/aromatic N) is 1. The third-order valence-corrected chi connectivity index (χ3v) is 3.89. The summed E-state index contributed by atoms with van der Waals surface area (Å²) in [7, 11) is 0. The van der Waals surface area contributed by atoms with Crippen molar-refractivity contribution in [1.29, 1.82) is 0 Å². The van der Waals surface area contributed by atoms with Crippen molar-refractivity contribution in [2.24, 2.45) is 0 Å². The first-order valence-electron chi connectivity index (χ1n) is 6.78. The highest BCUT2D eigenvalue weighted by Crippen LogP contribution is 2.17. The summed E-state index contributed by atoms with van der Waals surface area (Å²) in [6, 6.07) is 9.63. The number of rotatable bonds is 5. The average molecular weight is 310 g/mol. The number of carbonyl (C=O) groups excluding carboxylic acids is 1. The number of pyridine rings is 1. The van der Waals surface area contributed by atoms with Gasteiger partial charge in [0.2, 0.25) is 5.91 Å². The summed E-state index contributed by atoms with van der Waals surface area (Å²) in [5, 5.41) is 4.81. The van der Waals surface area contributed by atoms with Crippen LogP contribution in [0.1, 0.15) is 10.4 Å². The smallest absolute Gasteiger partial charge is 0.244 e. The van der Waals surface area contributed by atoms with E-state index in [4.69, 9.17) is 4.42 Å². The molecule has 5 heteroatoms. The van der Waals surface area contributed by atoms with Gasteiger partial charge in [-0.1, -0.05) is 12.1 Å². The average Bonchev–Trinajstić information content (AvgIpc) is 3.24. The van der Waals surface area contributed by atoms with Crippen molar-refractivity contribution in [1.82, 2.24) is 10.3 Å². The zero-order chi connectivity index (χ0) is 15.2. The summed E-state index contributed by atoms with van der Waals surface area (Å²) in [6.45, 7) is 0.451. The molecule has 0 aliphatic heterocycles. The number of thiophene rings is 1. The van der Waals surface area contributed by atoms with Gasteiger partial charge in [-0.05, 0) is 35.2 Å². The SMILES string of the molecule is O=C(C=Cc1cccs1)NCc1ccc(-c2ccoc2)nc1. The van der Waals surface area contributed by atoms with Crippen molar-refractivity contribution in [3.8, 4) is 11.3 Å². The first-order chi connectivity index (χ1) is 10.8. The number of nitrogens with one attached hydrogen (secondary N) is 1. The molecule has 0 spiro atoms. The van der Waals surface area contributed by atoms with Crippen LogP contribution in [0, 0.1) is 0 Å². The van der Waals surface area contributed by atoms with E-state index in [9.17, 15) is 4.79 Å². The number of furan rings is 1. The van der Waals surface area contributed by atoms with Gasteiger partial charge in [0.05, 0.1) is 18.2 Å². The fourth-order valence-electron chi connectivity index (χ4n) is 1.90. The fraction of sp³-hybridized carbons (Fsp3) is 0.0588. The zero-order valence-electron chi connectivity index (χ0n) is 11.7. The zero-order valence-corrected chi connectivity index (χ0v) is 12.5. The Morgan fingerprint density at radius 3 is 2.95 bits per heavy atom. The summed E-state index contributed by atoms with van der Waals surface area (Å²) >= 11 is 1.60. The van der Waals surface area contributed by atoms with Crippen LogP contribution in [0.3, 0.4) is 0 Å². The van der Waals surface area contributed by atoms with Crippen LogP contribution in [0.4, 0.5) is 0 Å². The van der Waals surface area contributed by atoms with E-state index in [0.717, 1.165) is 21.7 Å². The number of carbonyl (C=O) groups is 1. The molecular formula is C17H14N2O2S. The van der Waals surface area contributed by atoms with E-state index >= 15 is 0 Å². The molecule has 4 nitrogen and oxygen atoms in total. The molecule has 3 aromatic rings. The summed E-state index contributed by atoms with van der Waals surface area (Å²) < 4.78 is 5.03. The Morgan fingerprint density at radius 1 is 1.32 bits per heavy atom. The molecule has 0 aromatic carbocycles. The molecule has 0 aliphatic carbocycles. The van der Waals surface area contributed by atoms with Gasteiger partial charge in [0.1, 0.15) is 0 Å². The lowest BCUT2D eigenvalue weighted by Gasteiger charge is -2.03. The van der Waals surface area contributed by atoms with E-state index < -0.39 is 0 Å². The molecule has 0 unspecified atom stereocenters. The summed E-state index contributed by atoms with van der Waals surface area (Å²) in [5.41, 5.74) is 2.74. The highest BCUT2D eigenvalue weighted by atomic mass is 32.1. The fourth-order valence-corrected chi connectivity index (χ4v) is 2.52. The quantitative estimate of drug-likeness (QED) is 0.731. The number of hydrogen-bond acceptors (Lipinski definition) is 4. The molecule has 0 fully saturated rings. The predicted octanol–water partition coefficient (Wildman–Crippen LogP) is 3.73. The minimum Gasteiger partial charge on any atom is -0.472 e. The standard InChI is InChI=1S/C17H14N2O2S/c20-17(6-4-15-2-1-9-22-15)19-11-13-3-5-16(18-10-13)14-7-8-21-12-14/h1-10,12H,11H2,(H,19,20). The van der Waals surface area contributed by atoms with E-state index in [1.165, 1.54) is 0 Å². The largest absolute Gasteiger partial charge is 0.472 e. The van der Waals surface area contributed by atoms with E-state index in [2.05, 4.69) is 10.3 Å². The van der Waals surface area contributed by atoms with Crippen molar-refractivity contribution >= 4 is 23.3 Å². The molecule has 0 bridgehead atoms. The van der Waals surface area contributed by atoms with Crippen molar-refractivity contribution < 1.29 is 9.21 Å². The van der Waals surface area contributed by atoms with Crippen LogP contribution in [-0.2, 0) is 11.3 Å². The second-order valence-electron chi connectivity index (χ2n) is 4.63. The van der Waals surface area contributed by atoms with Crippen molar-refractivity contribution in [3.63, 3.8) is 0 Å². The van der Waals surface area contributed by atoms with Gasteiger partial charge in [-0.15, -0.1) is 11.3 Å². The van der Waals surface area contributed by atoms with Crippen LogP contribution in [0.15, 0.2) is 64.9 Å². The molecule has 110 valence electrons. The maximum Gasteiger partial charge on any atom is 0.244 e. The molecule has 1 N–H and O–H groups in total. The number of hydrogen-bond donors (Lipinski definition) is 1. The van der Waals surface area contributed by atoms with Crippen LogP contribution < -0.4 is 5.32 Å². The monoisotopic (exact) mass is 310 g/mol. The summed E-state index contributed by atoms with van der Waals surface area (Å²) in [5.74, 6) is -0.118. The summed E-state index contributed by atoms with van der Waals surface area (Å²) in [6.07, 6.45) is 8.37. The lowest BCUT2D eigenvalue weighted by atomic mass is 10.2. The van der Waals surface area contributed by atoms with Crippen molar-refractivity contribution in [3.05, 3.63) is 71.0 Å². The second-order valence-corrected chi connectivity index (χ2v) is 5.61. The van der Waals surface area contributed by atoms with Crippen LogP contribution in [0.2, 0.25) is 0 Å². The van der Waals surface area contributed by atoms with Crippen molar-refractivity contribution in [2.75, 3.05) is 0 Å². The molecule has 0 atom stereocenters. The van der Waals surface area contributed by atoms with Crippen LogP contribution in [-0.4, -0.2) is 10.9 Å². The Kier molecular flexibility index (Phi) is 4.46. The first-order valence-corrected chi connectivity index (χ1v) is 7.66. The molecule has 3 heterocycles. The molecular weight excluding hydrogens is 296 g/mol. The van der Waals surface area contributed by atoms with Gasteiger partial charge < -0.3 is 9.73 Å². The number of aromatic nitrogens is 1. The van der Waals surface area contributed by atoms with Crippen LogP contribution in [0.5, 0.6) is 0 Å². The molecule has 3 aromatic heterocycles. The predicted molar refractivity (Wildman–Crippen MR) is 87.1 cm³/mol. The molecule has 0 saturated carbocycles. The minimum atomic E-state index is -0.118. The number of amides is 1. The van der Waals surface area contributed by atoms with Gasteiger partial charge in [-0.2, -0.15) is 0 Å². The maximum absolute atomic E-state index is 11.7. The van der Waals surface area contributed by atoms with E-state index in [1.54, 1.807) is 42.2 Å². The lowest BCUT2D eigenvalue weighted by molar-refractivity contribution is -0.116. The van der Waals surface area contributed by atoms with Crippen LogP contribution >= 0.6 is 11.3 Å². The molecule has 0 saturated heterocycles. The third-order valence-electron chi connectivity index (χ3n) is 3.05. The van der Waals surface area contributed by atoms with Gasteiger partial charge in [0.15, 0.2) is 0 Å². The van der Waals surface area contributed by atoms with Gasteiger partial charge in [0, 0.05) is 29.3 Å². The topological polar surface area (TPSA) is 55.1 Å². The summed E-state index contributed by atoms with van der Waals surface area (Å²) in [4.78, 5) is 17.2. The first kappa shape index (κ1) is 14.3. The van der Waals surface area contributed by atoms with E-state index in [-0.39, 0.29) is 5.91 Å². The Hall–Kier alpha value is -2.66. The maximum atomic E-state index is 11.7. The second kappa shape index (κ2) is 6.87. The molecule has 22 heavy (non-hydrogen) atoms. The van der Waals surface area contributed by atoms with Gasteiger partial charge in [0.25, 0.3) is 0 Å². The minimum absolute atomic E-state index is 0.118. The van der Waals surface area contributed by atoms with Gasteiger partial charge in [-0.3, -0.25) is 9.78 Å². The highest BCUT2D eigenvalue weighted by molar-refractivity contribution is 7.10. The molecule has 0 radical (unpaired) electrons. The van der Waals surface area contributed by atoms with E-state index in [1.807, 2.05) is 35.7 Å². The Labute approximate surface area is 132 Å². The van der Waals surface area contributed by atoms with Crippen molar-refractivity contribution in [2.45, 2.75) is 6.54 Å². The van der Waals surface area contributed by atoms with Gasteiger partial charge in [-0.25, -0.2) is 0 Å². The third kappa shape index (κ3) is 3.71. The molecule has 0 aliphatic rings. The lowest BCUT2D eigenvalue weighted by Crippen LogP contribution is -2.20. The Balaban J connectivity index is 1.54. The van der Waals surface area contributed by atoms with Crippen LogP contribution in [0.25, 0.3) is 17.3 Å². The van der Waals surface area contributed by atoms with E-state index in [0.29, 0.717) is 6.54 Å². The molecule has 3 rings (SSSR count). The normalized spacial score (nSPS) is 10.9. The molecule has 1 amide bonds. The Bertz CT molecular complexity index is 745. The highest BCUT2D eigenvalue weighted by Gasteiger charge is 2.02. The Morgan fingerprint density at radius 2 is 2.27 bits per heavy atom.